The molecular weight excluding hydrogens is 365 g/mol. The molecule has 1 aromatic heterocycles. The van der Waals surface area contributed by atoms with Gasteiger partial charge in [0, 0.05) is 5.56 Å². The second-order valence-corrected chi connectivity index (χ2v) is 6.35. The largest absolute Gasteiger partial charge is 0.335 e. The Bertz CT molecular complexity index is 900. The second kappa shape index (κ2) is 7.54. The zero-order chi connectivity index (χ0) is 17.8. The lowest BCUT2D eigenvalue weighted by molar-refractivity contribution is -0.113. The van der Waals surface area contributed by atoms with Crippen LogP contribution < -0.4 is 11.2 Å². The molecule has 3 N–H and O–H groups in total. The number of rotatable bonds is 5. The number of carbonyl (C=O) groups excluding carboxylic acids is 1. The zero-order valence-corrected chi connectivity index (χ0v) is 14.4. The van der Waals surface area contributed by atoms with Crippen LogP contribution in [0.15, 0.2) is 53.7 Å². The summed E-state index contributed by atoms with van der Waals surface area (Å²) in [6, 6.07) is 12.7. The van der Waals surface area contributed by atoms with E-state index in [0.29, 0.717) is 27.3 Å². The Balaban J connectivity index is 1.65. The molecule has 3 rings (SSSR count). The van der Waals surface area contributed by atoms with Crippen molar-refractivity contribution in [3.63, 3.8) is 0 Å². The van der Waals surface area contributed by atoms with Gasteiger partial charge in [0.15, 0.2) is 5.82 Å². The molecule has 0 saturated heterocycles. The molecule has 0 aliphatic heterocycles. The van der Waals surface area contributed by atoms with Crippen LogP contribution in [0.4, 0.5) is 10.1 Å². The highest BCUT2D eigenvalue weighted by Gasteiger charge is 2.14. The molecule has 9 heteroatoms. The first-order chi connectivity index (χ1) is 12.0. The molecule has 128 valence electrons. The third-order valence-corrected chi connectivity index (χ3v) is 4.52. The molecule has 0 aliphatic carbocycles. The van der Waals surface area contributed by atoms with Gasteiger partial charge >= 0.3 is 0 Å². The quantitative estimate of drug-likeness (QED) is 0.527. The van der Waals surface area contributed by atoms with Crippen LogP contribution in [0.25, 0.3) is 11.4 Å². The normalized spacial score (nSPS) is 10.6. The Morgan fingerprint density at radius 2 is 1.92 bits per heavy atom. The van der Waals surface area contributed by atoms with Crippen molar-refractivity contribution in [3.05, 3.63) is 59.4 Å². The monoisotopic (exact) mass is 377 g/mol. The number of para-hydroxylation sites is 1. The van der Waals surface area contributed by atoms with Gasteiger partial charge < -0.3 is 11.2 Å². The van der Waals surface area contributed by atoms with E-state index in [1.807, 2.05) is 0 Å². The first kappa shape index (κ1) is 17.2. The van der Waals surface area contributed by atoms with Crippen molar-refractivity contribution in [1.82, 2.24) is 14.9 Å². The van der Waals surface area contributed by atoms with E-state index in [-0.39, 0.29) is 17.5 Å². The summed E-state index contributed by atoms with van der Waals surface area (Å²) in [7, 11) is 0. The highest BCUT2D eigenvalue weighted by atomic mass is 35.5. The van der Waals surface area contributed by atoms with Crippen molar-refractivity contribution in [3.8, 4) is 11.4 Å². The molecule has 0 saturated carbocycles. The van der Waals surface area contributed by atoms with E-state index >= 15 is 0 Å². The number of hydrogen-bond donors (Lipinski definition) is 2. The van der Waals surface area contributed by atoms with Crippen molar-refractivity contribution in [1.29, 1.82) is 0 Å². The van der Waals surface area contributed by atoms with Crippen LogP contribution in [0.1, 0.15) is 0 Å². The van der Waals surface area contributed by atoms with Crippen LogP contribution in [-0.4, -0.2) is 26.5 Å². The number of halogens is 2. The van der Waals surface area contributed by atoms with E-state index in [1.54, 1.807) is 36.4 Å². The third-order valence-electron chi connectivity index (χ3n) is 3.25. The highest BCUT2D eigenvalue weighted by Crippen LogP contribution is 2.23. The van der Waals surface area contributed by atoms with Crippen LogP contribution in [0.3, 0.4) is 0 Å². The zero-order valence-electron chi connectivity index (χ0n) is 12.8. The average Bonchev–Trinajstić information content (AvgIpc) is 2.97. The molecular formula is C16H13ClFN5OS. The van der Waals surface area contributed by atoms with Gasteiger partial charge in [0.2, 0.25) is 11.1 Å². The van der Waals surface area contributed by atoms with E-state index in [9.17, 15) is 9.18 Å². The van der Waals surface area contributed by atoms with Gasteiger partial charge in [-0.1, -0.05) is 35.5 Å². The number of hydrogen-bond acceptors (Lipinski definition) is 5. The molecule has 0 radical (unpaired) electrons. The molecule has 0 spiro atoms. The van der Waals surface area contributed by atoms with Crippen LogP contribution in [-0.2, 0) is 4.79 Å². The highest BCUT2D eigenvalue weighted by molar-refractivity contribution is 7.99. The summed E-state index contributed by atoms with van der Waals surface area (Å²) in [6.07, 6.45) is 0. The fourth-order valence-corrected chi connectivity index (χ4v) is 2.89. The smallest absolute Gasteiger partial charge is 0.234 e. The number of nitrogen functional groups attached to an aromatic ring is 1. The lowest BCUT2D eigenvalue weighted by Crippen LogP contribution is -2.16. The minimum Gasteiger partial charge on any atom is -0.335 e. The van der Waals surface area contributed by atoms with E-state index in [1.165, 1.54) is 16.8 Å². The van der Waals surface area contributed by atoms with Crippen molar-refractivity contribution < 1.29 is 9.18 Å². The number of nitrogens with one attached hydrogen (secondary N) is 1. The Morgan fingerprint density at radius 3 is 2.64 bits per heavy atom. The molecule has 1 amide bonds. The van der Waals surface area contributed by atoms with Crippen molar-refractivity contribution in [2.24, 2.45) is 0 Å². The fraction of sp³-hybridized carbons (Fsp3) is 0.0625. The number of amides is 1. The van der Waals surface area contributed by atoms with Crippen molar-refractivity contribution in [2.45, 2.75) is 5.16 Å². The van der Waals surface area contributed by atoms with E-state index in [0.717, 1.165) is 11.8 Å². The van der Waals surface area contributed by atoms with Crippen LogP contribution in [0, 0.1) is 5.82 Å². The van der Waals surface area contributed by atoms with Crippen LogP contribution in [0.2, 0.25) is 5.02 Å². The molecule has 0 unspecified atom stereocenters. The van der Waals surface area contributed by atoms with Crippen LogP contribution >= 0.6 is 23.4 Å². The van der Waals surface area contributed by atoms with Gasteiger partial charge in [0.25, 0.3) is 0 Å². The van der Waals surface area contributed by atoms with Gasteiger partial charge in [-0.15, -0.1) is 10.2 Å². The topological polar surface area (TPSA) is 85.8 Å². The summed E-state index contributed by atoms with van der Waals surface area (Å²) in [5.41, 5.74) is 1.17. The number of thioether (sulfide) groups is 1. The minimum absolute atomic E-state index is 0.0873. The summed E-state index contributed by atoms with van der Waals surface area (Å²) in [6.45, 7) is 0. The molecule has 0 bridgehead atoms. The van der Waals surface area contributed by atoms with Gasteiger partial charge in [-0.25, -0.2) is 9.07 Å². The molecule has 6 nitrogen and oxygen atoms in total. The van der Waals surface area contributed by atoms with Crippen LogP contribution in [0.5, 0.6) is 0 Å². The molecule has 0 fully saturated rings. The summed E-state index contributed by atoms with van der Waals surface area (Å²) in [5, 5.41) is 11.5. The number of aromatic nitrogens is 3. The lowest BCUT2D eigenvalue weighted by Gasteiger charge is -2.07. The van der Waals surface area contributed by atoms with Gasteiger partial charge in [0.1, 0.15) is 5.82 Å². The Kier molecular flexibility index (Phi) is 5.20. The summed E-state index contributed by atoms with van der Waals surface area (Å²) < 4.78 is 14.3. The molecule has 0 aliphatic rings. The van der Waals surface area contributed by atoms with Gasteiger partial charge in [-0.2, -0.15) is 0 Å². The van der Waals surface area contributed by atoms with Crippen molar-refractivity contribution >= 4 is 35.0 Å². The summed E-state index contributed by atoms with van der Waals surface area (Å²) in [4.78, 5) is 12.0. The maximum absolute atomic E-state index is 13.0. The molecule has 2 aromatic carbocycles. The maximum Gasteiger partial charge on any atom is 0.234 e. The van der Waals surface area contributed by atoms with E-state index in [2.05, 4.69) is 15.5 Å². The van der Waals surface area contributed by atoms with E-state index < -0.39 is 0 Å². The Labute approximate surface area is 152 Å². The Morgan fingerprint density at radius 1 is 1.20 bits per heavy atom. The van der Waals surface area contributed by atoms with Gasteiger partial charge in [0.05, 0.1) is 16.5 Å². The summed E-state index contributed by atoms with van der Waals surface area (Å²) >= 11 is 7.13. The average molecular weight is 378 g/mol. The number of nitrogens with two attached hydrogens (primary N) is 1. The predicted octanol–water partition coefficient (Wildman–Crippen LogP) is 3.18. The molecule has 1 heterocycles. The number of carbonyl (C=O) groups is 1. The first-order valence-corrected chi connectivity index (χ1v) is 8.54. The Hall–Kier alpha value is -2.58. The first-order valence-electron chi connectivity index (χ1n) is 7.18. The molecule has 25 heavy (non-hydrogen) atoms. The number of benzene rings is 2. The van der Waals surface area contributed by atoms with Gasteiger partial charge in [-0.05, 0) is 36.4 Å². The number of anilines is 1. The molecule has 3 aromatic rings. The minimum atomic E-state index is -0.349. The standard InChI is InChI=1S/C16H13ClFN5OS/c17-12-3-1-2-4-13(12)20-14(24)9-25-16-22-21-15(23(16)19)10-5-7-11(18)8-6-10/h1-8H,9,19H2,(H,20,24). The third kappa shape index (κ3) is 4.09. The SMILES string of the molecule is Nn1c(SCC(=O)Nc2ccccc2Cl)nnc1-c1ccc(F)cc1. The predicted molar refractivity (Wildman–Crippen MR) is 96.4 cm³/mol. The summed E-state index contributed by atoms with van der Waals surface area (Å²) in [5.74, 6) is 5.84. The number of nitrogens with zero attached hydrogens (tertiary/aromatic N) is 3. The van der Waals surface area contributed by atoms with Crippen molar-refractivity contribution in [2.75, 3.05) is 16.9 Å². The lowest BCUT2D eigenvalue weighted by atomic mass is 10.2. The second-order valence-electron chi connectivity index (χ2n) is 5.00. The fourth-order valence-electron chi connectivity index (χ4n) is 2.05. The molecule has 0 atom stereocenters. The van der Waals surface area contributed by atoms with Gasteiger partial charge in [-0.3, -0.25) is 4.79 Å². The van der Waals surface area contributed by atoms with E-state index in [4.69, 9.17) is 17.4 Å². The maximum atomic E-state index is 13.0.